The first-order chi connectivity index (χ1) is 7.41. The summed E-state index contributed by atoms with van der Waals surface area (Å²) in [6.45, 7) is 1.50. The topological polar surface area (TPSA) is 57.5 Å². The van der Waals surface area contributed by atoms with Gasteiger partial charge in [-0.05, 0) is 24.1 Å². The molecule has 0 aliphatic heterocycles. The normalized spacial score (nSPS) is 12.8. The molecule has 0 aromatic heterocycles. The maximum absolute atomic E-state index is 12.4. The zero-order valence-electron chi connectivity index (χ0n) is 8.65. The van der Waals surface area contributed by atoms with Crippen molar-refractivity contribution in [2.75, 3.05) is 0 Å². The Morgan fingerprint density at radius 2 is 2.06 bits per heavy atom. The number of carboxylic acids is 1. The van der Waals surface area contributed by atoms with Gasteiger partial charge < -0.3 is 10.2 Å². The Kier molecular flexibility index (Phi) is 3.82. The van der Waals surface area contributed by atoms with Crippen molar-refractivity contribution < 1.29 is 23.8 Å². The Balaban J connectivity index is 2.91. The van der Waals surface area contributed by atoms with Gasteiger partial charge in [0.2, 0.25) is 0 Å². The first-order valence-electron chi connectivity index (χ1n) is 4.74. The fraction of sp³-hybridized carbons (Fsp3) is 0.364. The number of halogens is 2. The van der Waals surface area contributed by atoms with Crippen LogP contribution in [0.3, 0.4) is 0 Å². The Hall–Kier alpha value is -1.65. The fourth-order valence-electron chi connectivity index (χ4n) is 1.35. The molecule has 0 radical (unpaired) electrons. The van der Waals surface area contributed by atoms with Crippen LogP contribution in [0.5, 0.6) is 5.75 Å². The van der Waals surface area contributed by atoms with E-state index in [1.165, 1.54) is 13.0 Å². The number of hydrogen-bond donors (Lipinski definition) is 2. The summed E-state index contributed by atoms with van der Waals surface area (Å²) in [6, 6.07) is 3.74. The number of aromatic hydroxyl groups is 1. The monoisotopic (exact) mass is 230 g/mol. The molecular formula is C11H12F2O3. The summed E-state index contributed by atoms with van der Waals surface area (Å²) in [7, 11) is 0. The van der Waals surface area contributed by atoms with Crippen molar-refractivity contribution in [1.29, 1.82) is 0 Å². The SMILES string of the molecule is CC(Cc1ccc(O)c(C(F)F)c1)C(=O)O. The second kappa shape index (κ2) is 4.92. The van der Waals surface area contributed by atoms with Gasteiger partial charge in [0, 0.05) is 0 Å². The highest BCUT2D eigenvalue weighted by molar-refractivity contribution is 5.69. The first-order valence-corrected chi connectivity index (χ1v) is 4.74. The maximum atomic E-state index is 12.4. The van der Waals surface area contributed by atoms with E-state index in [1.54, 1.807) is 0 Å². The number of rotatable bonds is 4. The third-order valence-corrected chi connectivity index (χ3v) is 2.29. The lowest BCUT2D eigenvalue weighted by Gasteiger charge is -2.09. The third-order valence-electron chi connectivity index (χ3n) is 2.29. The van der Waals surface area contributed by atoms with Crippen LogP contribution in [-0.4, -0.2) is 16.2 Å². The highest BCUT2D eigenvalue weighted by Gasteiger charge is 2.16. The minimum atomic E-state index is -2.76. The number of aliphatic carboxylic acids is 1. The van der Waals surface area contributed by atoms with Crippen LogP contribution in [0, 0.1) is 5.92 Å². The summed E-state index contributed by atoms with van der Waals surface area (Å²) in [6.07, 6.45) is -2.60. The number of carboxylic acid groups (broad SMARTS) is 1. The lowest BCUT2D eigenvalue weighted by atomic mass is 9.99. The summed E-state index contributed by atoms with van der Waals surface area (Å²) in [5.41, 5.74) is 0.0121. The molecule has 1 aromatic rings. The molecular weight excluding hydrogens is 218 g/mol. The largest absolute Gasteiger partial charge is 0.507 e. The summed E-state index contributed by atoms with van der Waals surface area (Å²) in [5, 5.41) is 17.8. The standard InChI is InChI=1S/C11H12F2O3/c1-6(11(15)16)4-7-2-3-9(14)8(5-7)10(12)13/h2-3,5-6,10,14H,4H2,1H3,(H,15,16). The molecule has 1 unspecified atom stereocenters. The minimum Gasteiger partial charge on any atom is -0.507 e. The average Bonchev–Trinajstić information content (AvgIpc) is 2.20. The van der Waals surface area contributed by atoms with Crippen LogP contribution in [0.25, 0.3) is 0 Å². The molecule has 2 N–H and O–H groups in total. The smallest absolute Gasteiger partial charge is 0.306 e. The van der Waals surface area contributed by atoms with Crippen molar-refractivity contribution in [3.05, 3.63) is 29.3 Å². The van der Waals surface area contributed by atoms with E-state index in [1.807, 2.05) is 0 Å². The molecule has 0 fully saturated rings. The maximum Gasteiger partial charge on any atom is 0.306 e. The number of benzene rings is 1. The number of alkyl halides is 2. The van der Waals surface area contributed by atoms with Crippen LogP contribution in [0.1, 0.15) is 24.5 Å². The number of phenols is 1. The molecule has 0 aliphatic rings. The van der Waals surface area contributed by atoms with Crippen LogP contribution in [0.4, 0.5) is 8.78 Å². The summed E-state index contributed by atoms with van der Waals surface area (Å²) < 4.78 is 24.9. The number of hydrogen-bond acceptors (Lipinski definition) is 2. The Labute approximate surface area is 91.3 Å². The summed E-state index contributed by atoms with van der Waals surface area (Å²) in [5.74, 6) is -2.09. The van der Waals surface area contributed by atoms with E-state index in [9.17, 15) is 13.6 Å². The van der Waals surface area contributed by atoms with E-state index >= 15 is 0 Å². The van der Waals surface area contributed by atoms with Gasteiger partial charge in [-0.2, -0.15) is 0 Å². The van der Waals surface area contributed by atoms with Crippen molar-refractivity contribution in [3.8, 4) is 5.75 Å². The zero-order chi connectivity index (χ0) is 12.3. The van der Waals surface area contributed by atoms with E-state index in [2.05, 4.69) is 0 Å². The molecule has 0 bridgehead atoms. The van der Waals surface area contributed by atoms with Gasteiger partial charge in [0.05, 0.1) is 11.5 Å². The molecule has 0 aliphatic carbocycles. The van der Waals surface area contributed by atoms with Gasteiger partial charge in [-0.3, -0.25) is 4.79 Å². The molecule has 0 heterocycles. The van der Waals surface area contributed by atoms with E-state index in [0.29, 0.717) is 5.56 Å². The molecule has 0 saturated carbocycles. The van der Waals surface area contributed by atoms with E-state index < -0.39 is 29.6 Å². The lowest BCUT2D eigenvalue weighted by Crippen LogP contribution is -2.12. The molecule has 0 saturated heterocycles. The second-order valence-corrected chi connectivity index (χ2v) is 3.64. The molecule has 0 amide bonds. The van der Waals surface area contributed by atoms with Crippen LogP contribution in [0.15, 0.2) is 18.2 Å². The average molecular weight is 230 g/mol. The summed E-state index contributed by atoms with van der Waals surface area (Å²) >= 11 is 0. The Bertz CT molecular complexity index is 391. The predicted octanol–water partition coefficient (Wildman–Crippen LogP) is 2.59. The van der Waals surface area contributed by atoms with Gasteiger partial charge in [0.15, 0.2) is 0 Å². The van der Waals surface area contributed by atoms with Gasteiger partial charge in [-0.1, -0.05) is 13.0 Å². The van der Waals surface area contributed by atoms with Crippen LogP contribution >= 0.6 is 0 Å². The number of carbonyl (C=O) groups is 1. The highest BCUT2D eigenvalue weighted by atomic mass is 19.3. The minimum absolute atomic E-state index is 0.162. The van der Waals surface area contributed by atoms with Gasteiger partial charge in [0.25, 0.3) is 6.43 Å². The van der Waals surface area contributed by atoms with Crippen LogP contribution < -0.4 is 0 Å². The quantitative estimate of drug-likeness (QED) is 0.835. The van der Waals surface area contributed by atoms with Gasteiger partial charge >= 0.3 is 5.97 Å². The van der Waals surface area contributed by atoms with Crippen molar-refractivity contribution in [3.63, 3.8) is 0 Å². The lowest BCUT2D eigenvalue weighted by molar-refractivity contribution is -0.141. The molecule has 16 heavy (non-hydrogen) atoms. The van der Waals surface area contributed by atoms with Crippen molar-refractivity contribution >= 4 is 5.97 Å². The number of phenolic OH excluding ortho intramolecular Hbond substituents is 1. The van der Waals surface area contributed by atoms with E-state index in [4.69, 9.17) is 10.2 Å². The van der Waals surface area contributed by atoms with Gasteiger partial charge in [-0.15, -0.1) is 0 Å². The molecule has 0 spiro atoms. The summed E-state index contributed by atoms with van der Waals surface area (Å²) in [4.78, 5) is 10.6. The highest BCUT2D eigenvalue weighted by Crippen LogP contribution is 2.29. The van der Waals surface area contributed by atoms with Crippen molar-refractivity contribution in [2.45, 2.75) is 19.8 Å². The van der Waals surface area contributed by atoms with E-state index in [0.717, 1.165) is 12.1 Å². The molecule has 3 nitrogen and oxygen atoms in total. The first kappa shape index (κ1) is 12.4. The van der Waals surface area contributed by atoms with Crippen LogP contribution in [-0.2, 0) is 11.2 Å². The molecule has 1 aromatic carbocycles. The third kappa shape index (κ3) is 2.92. The molecule has 5 heteroatoms. The molecule has 1 rings (SSSR count). The zero-order valence-corrected chi connectivity index (χ0v) is 8.65. The van der Waals surface area contributed by atoms with Crippen molar-refractivity contribution in [2.24, 2.45) is 5.92 Å². The molecule has 88 valence electrons. The van der Waals surface area contributed by atoms with Crippen molar-refractivity contribution in [1.82, 2.24) is 0 Å². The van der Waals surface area contributed by atoms with Gasteiger partial charge in [-0.25, -0.2) is 8.78 Å². The van der Waals surface area contributed by atoms with Crippen LogP contribution in [0.2, 0.25) is 0 Å². The second-order valence-electron chi connectivity index (χ2n) is 3.64. The van der Waals surface area contributed by atoms with E-state index in [-0.39, 0.29) is 6.42 Å². The van der Waals surface area contributed by atoms with Gasteiger partial charge in [0.1, 0.15) is 5.75 Å². The Morgan fingerprint density at radius 3 is 2.56 bits per heavy atom. The Morgan fingerprint density at radius 1 is 1.44 bits per heavy atom. The predicted molar refractivity (Wildman–Crippen MR) is 53.6 cm³/mol. The molecule has 1 atom stereocenters. The fourth-order valence-corrected chi connectivity index (χ4v) is 1.35.